The van der Waals surface area contributed by atoms with Gasteiger partial charge >= 0.3 is 0 Å². The standard InChI is InChI=1S/C15H34O2P2/c1-10-15(18(16,11(2)3)12(4)5)19(17,13(6)7)14(8)9/h11-15H,10H2,1-9H3. The Hall–Kier alpha value is 0.460. The minimum absolute atomic E-state index is 0.111. The van der Waals surface area contributed by atoms with Crippen molar-refractivity contribution in [2.45, 2.75) is 96.8 Å². The zero-order chi connectivity index (χ0) is 15.6. The molecular formula is C15H34O2P2. The van der Waals surface area contributed by atoms with Crippen LogP contribution in [0, 0.1) is 0 Å². The highest BCUT2D eigenvalue weighted by molar-refractivity contribution is 7.83. The van der Waals surface area contributed by atoms with Crippen LogP contribution in [0.2, 0.25) is 0 Å². The maximum atomic E-state index is 13.6. The molecule has 0 bridgehead atoms. The van der Waals surface area contributed by atoms with Crippen molar-refractivity contribution in [1.82, 2.24) is 0 Å². The maximum absolute atomic E-state index is 13.6. The molecule has 4 heteroatoms. The van der Waals surface area contributed by atoms with E-state index in [1.807, 2.05) is 55.4 Å². The summed E-state index contributed by atoms with van der Waals surface area (Å²) < 4.78 is 27.3. The van der Waals surface area contributed by atoms with E-state index in [0.717, 1.165) is 6.42 Å². The van der Waals surface area contributed by atoms with Crippen LogP contribution in [-0.2, 0) is 9.13 Å². The summed E-state index contributed by atoms with van der Waals surface area (Å²) in [4.78, 5) is 0. The normalized spacial score (nSPS) is 14.4. The van der Waals surface area contributed by atoms with E-state index < -0.39 is 14.3 Å². The molecule has 0 aromatic heterocycles. The Labute approximate surface area is 120 Å². The average molecular weight is 308 g/mol. The third kappa shape index (κ3) is 3.38. The monoisotopic (exact) mass is 308 g/mol. The molecule has 0 aromatic carbocycles. The molecule has 0 aliphatic rings. The third-order valence-corrected chi connectivity index (χ3v) is 15.7. The lowest BCUT2D eigenvalue weighted by atomic mass is 10.5. The van der Waals surface area contributed by atoms with Gasteiger partial charge in [0, 0.05) is 22.6 Å². The van der Waals surface area contributed by atoms with E-state index in [1.165, 1.54) is 0 Å². The quantitative estimate of drug-likeness (QED) is 0.534. The summed E-state index contributed by atoms with van der Waals surface area (Å²) in [5.41, 5.74) is 0.457. The highest BCUT2D eigenvalue weighted by atomic mass is 31.2. The summed E-state index contributed by atoms with van der Waals surface area (Å²) in [6.45, 7) is 18.3. The zero-order valence-electron chi connectivity index (χ0n) is 14.3. The van der Waals surface area contributed by atoms with Gasteiger partial charge in [0.2, 0.25) is 0 Å². The molecule has 0 aromatic rings. The van der Waals surface area contributed by atoms with Crippen molar-refractivity contribution < 1.29 is 9.13 Å². The fraction of sp³-hybridized carbons (Fsp3) is 1.00. The Kier molecular flexibility index (Phi) is 7.12. The fourth-order valence-electron chi connectivity index (χ4n) is 3.42. The lowest BCUT2D eigenvalue weighted by molar-refractivity contribution is 0.538. The highest BCUT2D eigenvalue weighted by Crippen LogP contribution is 2.76. The maximum Gasteiger partial charge on any atom is 0.102 e. The van der Waals surface area contributed by atoms with Gasteiger partial charge in [-0.3, -0.25) is 0 Å². The molecule has 0 aliphatic carbocycles. The smallest absolute Gasteiger partial charge is 0.102 e. The first-order valence-electron chi connectivity index (χ1n) is 7.65. The Balaban J connectivity index is 6.02. The predicted octanol–water partition coefficient (Wildman–Crippen LogP) is 6.08. The van der Waals surface area contributed by atoms with Crippen LogP contribution in [0.5, 0.6) is 0 Å². The molecule has 0 radical (unpaired) electrons. The summed E-state index contributed by atoms with van der Waals surface area (Å²) in [6, 6.07) is 0. The SMILES string of the molecule is CCC(P(=O)(C(C)C)C(C)C)P(=O)(C(C)C)C(C)C. The fourth-order valence-corrected chi connectivity index (χ4v) is 15.2. The van der Waals surface area contributed by atoms with Crippen LogP contribution in [0.25, 0.3) is 0 Å². The van der Waals surface area contributed by atoms with Gasteiger partial charge in [-0.25, -0.2) is 0 Å². The van der Waals surface area contributed by atoms with Crippen molar-refractivity contribution in [1.29, 1.82) is 0 Å². The van der Waals surface area contributed by atoms with Crippen LogP contribution < -0.4 is 0 Å². The summed E-state index contributed by atoms with van der Waals surface area (Å²) >= 11 is 0. The van der Waals surface area contributed by atoms with Crippen LogP contribution in [0.3, 0.4) is 0 Å². The molecule has 0 spiro atoms. The molecular weight excluding hydrogens is 274 g/mol. The van der Waals surface area contributed by atoms with Gasteiger partial charge in [-0.15, -0.1) is 0 Å². The first-order chi connectivity index (χ1) is 8.47. The van der Waals surface area contributed by atoms with Gasteiger partial charge in [-0.2, -0.15) is 0 Å². The zero-order valence-corrected chi connectivity index (χ0v) is 16.1. The highest BCUT2D eigenvalue weighted by Gasteiger charge is 2.50. The molecule has 2 nitrogen and oxygen atoms in total. The van der Waals surface area contributed by atoms with E-state index in [9.17, 15) is 9.13 Å². The molecule has 0 saturated carbocycles. The molecule has 0 aliphatic heterocycles. The Morgan fingerprint density at radius 3 is 0.947 bits per heavy atom. The van der Waals surface area contributed by atoms with Crippen LogP contribution in [0.1, 0.15) is 68.7 Å². The van der Waals surface area contributed by atoms with Gasteiger partial charge < -0.3 is 9.13 Å². The first-order valence-corrected chi connectivity index (χ1v) is 11.5. The molecule has 0 amide bonds. The number of hydrogen-bond acceptors (Lipinski definition) is 2. The van der Waals surface area contributed by atoms with Crippen molar-refractivity contribution >= 4 is 14.3 Å². The van der Waals surface area contributed by atoms with E-state index in [-0.39, 0.29) is 28.0 Å². The topological polar surface area (TPSA) is 34.1 Å². The molecule has 0 N–H and O–H groups in total. The lowest BCUT2D eigenvalue weighted by Crippen LogP contribution is -2.27. The minimum Gasteiger partial charge on any atom is -0.322 e. The molecule has 0 heterocycles. The minimum atomic E-state index is -2.47. The predicted molar refractivity (Wildman–Crippen MR) is 89.8 cm³/mol. The van der Waals surface area contributed by atoms with Gasteiger partial charge in [0.25, 0.3) is 0 Å². The van der Waals surface area contributed by atoms with E-state index >= 15 is 0 Å². The molecule has 0 atom stereocenters. The van der Waals surface area contributed by atoms with Crippen molar-refractivity contribution in [3.05, 3.63) is 0 Å². The molecule has 19 heavy (non-hydrogen) atoms. The number of hydrogen-bond donors (Lipinski definition) is 0. The molecule has 0 unspecified atom stereocenters. The summed E-state index contributed by atoms with van der Waals surface area (Å²) in [5.74, 6) is 0. The van der Waals surface area contributed by atoms with Crippen molar-refractivity contribution in [3.8, 4) is 0 Å². The average Bonchev–Trinajstić information content (AvgIpc) is 2.27. The lowest BCUT2D eigenvalue weighted by Gasteiger charge is -2.42. The Morgan fingerprint density at radius 2 is 0.842 bits per heavy atom. The molecule has 0 fully saturated rings. The van der Waals surface area contributed by atoms with Crippen molar-refractivity contribution in [2.75, 3.05) is 0 Å². The first kappa shape index (κ1) is 19.5. The Morgan fingerprint density at radius 1 is 0.632 bits per heavy atom. The van der Waals surface area contributed by atoms with Gasteiger partial charge in [0.15, 0.2) is 0 Å². The second kappa shape index (κ2) is 6.95. The summed E-state index contributed by atoms with van der Waals surface area (Å²) in [6.07, 6.45) is 0.765. The van der Waals surface area contributed by atoms with Gasteiger partial charge in [0.05, 0.1) is 5.40 Å². The van der Waals surface area contributed by atoms with Gasteiger partial charge in [0.1, 0.15) is 14.3 Å². The van der Waals surface area contributed by atoms with Gasteiger partial charge in [-0.05, 0) is 6.42 Å². The van der Waals surface area contributed by atoms with Gasteiger partial charge in [-0.1, -0.05) is 62.3 Å². The van der Waals surface area contributed by atoms with E-state index in [2.05, 4.69) is 6.92 Å². The van der Waals surface area contributed by atoms with E-state index in [4.69, 9.17) is 0 Å². The van der Waals surface area contributed by atoms with E-state index in [1.54, 1.807) is 0 Å². The van der Waals surface area contributed by atoms with Crippen LogP contribution in [0.15, 0.2) is 0 Å². The van der Waals surface area contributed by atoms with Crippen LogP contribution >= 0.6 is 14.3 Å². The van der Waals surface area contributed by atoms with Crippen LogP contribution in [-0.4, -0.2) is 28.0 Å². The second-order valence-corrected chi connectivity index (χ2v) is 15.6. The molecule has 116 valence electrons. The number of rotatable bonds is 7. The Bertz CT molecular complexity index is 312. The summed E-state index contributed by atoms with van der Waals surface area (Å²) in [5, 5.41) is -0.111. The van der Waals surface area contributed by atoms with Crippen LogP contribution in [0.4, 0.5) is 0 Å². The van der Waals surface area contributed by atoms with Crippen molar-refractivity contribution in [2.24, 2.45) is 0 Å². The summed E-state index contributed by atoms with van der Waals surface area (Å²) in [7, 11) is -4.93. The van der Waals surface area contributed by atoms with E-state index in [0.29, 0.717) is 0 Å². The van der Waals surface area contributed by atoms with Crippen molar-refractivity contribution in [3.63, 3.8) is 0 Å². The second-order valence-electron chi connectivity index (χ2n) is 6.79. The largest absolute Gasteiger partial charge is 0.322 e. The molecule has 0 rings (SSSR count). The third-order valence-electron chi connectivity index (χ3n) is 4.53. The molecule has 0 saturated heterocycles.